The molecule has 18 heavy (non-hydrogen) atoms. The maximum atomic E-state index is 10.6. The molecule has 0 fully saturated rings. The predicted octanol–water partition coefficient (Wildman–Crippen LogP) is 2.43. The van der Waals surface area contributed by atoms with Gasteiger partial charge in [0.2, 0.25) is 0 Å². The van der Waals surface area contributed by atoms with Crippen molar-refractivity contribution in [3.05, 3.63) is 42.5 Å². The Balaban J connectivity index is 2.34. The van der Waals surface area contributed by atoms with Crippen LogP contribution in [0.1, 0.15) is 0 Å². The molecule has 1 heterocycles. The fraction of sp³-hybridized carbons (Fsp3) is 0. The monoisotopic (exact) mass is 263 g/mol. The van der Waals surface area contributed by atoms with Crippen molar-refractivity contribution in [3.8, 4) is 5.75 Å². The lowest BCUT2D eigenvalue weighted by molar-refractivity contribution is 0.371. The Hall–Kier alpha value is -2.05. The average Bonchev–Trinajstić information content (AvgIpc) is 2.67. The third-order valence-corrected chi connectivity index (χ3v) is 2.94. The van der Waals surface area contributed by atoms with Gasteiger partial charge in [0, 0.05) is 10.8 Å². The van der Waals surface area contributed by atoms with Crippen LogP contribution in [0.5, 0.6) is 5.75 Å². The molecule has 0 bridgehead atoms. The van der Waals surface area contributed by atoms with Crippen LogP contribution in [0.4, 0.5) is 0 Å². The van der Waals surface area contributed by atoms with Gasteiger partial charge in [0.05, 0.1) is 0 Å². The second kappa shape index (κ2) is 3.72. The van der Waals surface area contributed by atoms with E-state index in [9.17, 15) is 13.0 Å². The molecule has 92 valence electrons. The van der Waals surface area contributed by atoms with Crippen LogP contribution < -0.4 is 4.18 Å². The first kappa shape index (κ1) is 11.1. The largest absolute Gasteiger partial charge is 0.716 e. The normalized spacial score (nSPS) is 12.1. The summed E-state index contributed by atoms with van der Waals surface area (Å²) in [6.07, 6.45) is 0. The minimum Gasteiger partial charge on any atom is -0.716 e. The van der Waals surface area contributed by atoms with Crippen molar-refractivity contribution < 1.29 is 21.6 Å². The number of benzene rings is 2. The van der Waals surface area contributed by atoms with Crippen LogP contribution in [0.3, 0.4) is 0 Å². The van der Waals surface area contributed by atoms with Gasteiger partial charge in [-0.15, -0.1) is 0 Å². The highest BCUT2D eigenvalue weighted by atomic mass is 32.3. The summed E-state index contributed by atoms with van der Waals surface area (Å²) >= 11 is 0. The first-order valence-electron chi connectivity index (χ1n) is 5.10. The minimum atomic E-state index is -4.82. The zero-order valence-corrected chi connectivity index (χ0v) is 9.81. The Labute approximate surface area is 103 Å². The predicted molar refractivity (Wildman–Crippen MR) is 64.0 cm³/mol. The van der Waals surface area contributed by atoms with Crippen molar-refractivity contribution in [1.29, 1.82) is 0 Å². The molecule has 6 heteroatoms. The molecule has 0 saturated heterocycles. The highest BCUT2D eigenvalue weighted by Gasteiger charge is 2.12. The van der Waals surface area contributed by atoms with Crippen molar-refractivity contribution >= 4 is 32.3 Å². The van der Waals surface area contributed by atoms with E-state index in [0.717, 1.165) is 5.39 Å². The van der Waals surface area contributed by atoms with E-state index in [0.29, 0.717) is 11.0 Å². The van der Waals surface area contributed by atoms with Gasteiger partial charge in [0.25, 0.3) is 10.4 Å². The first-order valence-corrected chi connectivity index (χ1v) is 6.43. The van der Waals surface area contributed by atoms with Crippen molar-refractivity contribution in [1.82, 2.24) is 0 Å². The third kappa shape index (κ3) is 1.81. The van der Waals surface area contributed by atoms with E-state index in [1.165, 1.54) is 6.07 Å². The Morgan fingerprint density at radius 3 is 2.50 bits per heavy atom. The fourth-order valence-corrected chi connectivity index (χ4v) is 2.25. The smallest absolute Gasteiger partial charge is 0.262 e. The summed E-state index contributed by atoms with van der Waals surface area (Å²) in [5, 5.41) is 1.54. The molecule has 0 spiro atoms. The average molecular weight is 263 g/mol. The Morgan fingerprint density at radius 2 is 1.72 bits per heavy atom. The van der Waals surface area contributed by atoms with Crippen LogP contribution in [0.2, 0.25) is 0 Å². The molecular formula is C12H7O5S-. The Bertz CT molecular complexity index is 832. The highest BCUT2D eigenvalue weighted by Crippen LogP contribution is 2.34. The van der Waals surface area contributed by atoms with Gasteiger partial charge in [-0.25, -0.2) is 8.42 Å². The fourth-order valence-electron chi connectivity index (χ4n) is 1.90. The summed E-state index contributed by atoms with van der Waals surface area (Å²) in [5.74, 6) is -0.0984. The van der Waals surface area contributed by atoms with E-state index in [1.54, 1.807) is 24.3 Å². The molecule has 0 atom stereocenters. The molecule has 2 aromatic carbocycles. The Morgan fingerprint density at radius 1 is 1.00 bits per heavy atom. The third-order valence-electron chi connectivity index (χ3n) is 2.56. The number of fused-ring (bicyclic) bond motifs is 3. The summed E-state index contributed by atoms with van der Waals surface area (Å²) in [5.41, 5.74) is 0.852. The molecule has 0 aliphatic rings. The molecule has 5 nitrogen and oxygen atoms in total. The van der Waals surface area contributed by atoms with Gasteiger partial charge in [-0.3, -0.25) is 0 Å². The van der Waals surface area contributed by atoms with Gasteiger partial charge in [0.15, 0.2) is 11.3 Å². The van der Waals surface area contributed by atoms with Crippen molar-refractivity contribution in [2.24, 2.45) is 0 Å². The summed E-state index contributed by atoms with van der Waals surface area (Å²) in [6.45, 7) is 0. The lowest BCUT2D eigenvalue weighted by Gasteiger charge is -2.08. The topological polar surface area (TPSA) is 79.6 Å². The van der Waals surface area contributed by atoms with E-state index in [1.807, 2.05) is 12.1 Å². The molecule has 3 rings (SSSR count). The standard InChI is InChI=1S/C12H8O5S/c13-18(14,15)17-11-7-3-5-9-8-4-1-2-6-10(8)16-12(9)11/h1-7H,(H,13,14,15)/p-1. The van der Waals surface area contributed by atoms with E-state index in [2.05, 4.69) is 4.18 Å². The van der Waals surface area contributed by atoms with E-state index >= 15 is 0 Å². The van der Waals surface area contributed by atoms with Crippen LogP contribution >= 0.6 is 0 Å². The number of rotatable bonds is 2. The molecule has 0 aliphatic carbocycles. The van der Waals surface area contributed by atoms with Crippen LogP contribution in [-0.4, -0.2) is 13.0 Å². The van der Waals surface area contributed by atoms with E-state index < -0.39 is 10.4 Å². The first-order chi connectivity index (χ1) is 8.54. The second-order valence-electron chi connectivity index (χ2n) is 3.72. The second-order valence-corrected chi connectivity index (χ2v) is 4.71. The SMILES string of the molecule is O=S(=O)([O-])Oc1cccc2c1oc1ccccc12. The van der Waals surface area contributed by atoms with Gasteiger partial charge in [-0.2, -0.15) is 0 Å². The molecule has 0 amide bonds. The Kier molecular flexibility index (Phi) is 2.29. The maximum absolute atomic E-state index is 10.6. The van der Waals surface area contributed by atoms with Crippen molar-refractivity contribution in [2.45, 2.75) is 0 Å². The number of para-hydroxylation sites is 2. The number of furan rings is 1. The molecule has 0 aliphatic heterocycles. The van der Waals surface area contributed by atoms with Gasteiger partial charge in [-0.1, -0.05) is 30.3 Å². The molecule has 0 radical (unpaired) electrons. The lowest BCUT2D eigenvalue weighted by Crippen LogP contribution is -2.07. The molecule has 1 aromatic heterocycles. The zero-order chi connectivity index (χ0) is 12.8. The van der Waals surface area contributed by atoms with E-state index in [4.69, 9.17) is 4.42 Å². The van der Waals surface area contributed by atoms with Gasteiger partial charge < -0.3 is 13.2 Å². The van der Waals surface area contributed by atoms with Crippen LogP contribution in [0.25, 0.3) is 21.9 Å². The highest BCUT2D eigenvalue weighted by molar-refractivity contribution is 7.81. The van der Waals surface area contributed by atoms with E-state index in [-0.39, 0.29) is 11.3 Å². The van der Waals surface area contributed by atoms with Crippen molar-refractivity contribution in [2.75, 3.05) is 0 Å². The minimum absolute atomic E-state index is 0.0984. The van der Waals surface area contributed by atoms with Gasteiger partial charge in [-0.05, 0) is 12.1 Å². The van der Waals surface area contributed by atoms with Crippen molar-refractivity contribution in [3.63, 3.8) is 0 Å². The van der Waals surface area contributed by atoms with Crippen LogP contribution in [0.15, 0.2) is 46.9 Å². The van der Waals surface area contributed by atoms with Gasteiger partial charge >= 0.3 is 0 Å². The molecule has 0 unspecified atom stereocenters. The maximum Gasteiger partial charge on any atom is 0.262 e. The molecule has 3 aromatic rings. The number of hydrogen-bond donors (Lipinski definition) is 0. The molecular weight excluding hydrogens is 256 g/mol. The van der Waals surface area contributed by atoms with Crippen LogP contribution in [-0.2, 0) is 10.4 Å². The van der Waals surface area contributed by atoms with Crippen LogP contribution in [0, 0.1) is 0 Å². The van der Waals surface area contributed by atoms with Gasteiger partial charge in [0.1, 0.15) is 5.58 Å². The zero-order valence-electron chi connectivity index (χ0n) is 8.99. The summed E-state index contributed by atoms with van der Waals surface area (Å²) in [4.78, 5) is 0. The molecule has 0 saturated carbocycles. The lowest BCUT2D eigenvalue weighted by atomic mass is 10.1. The molecule has 0 N–H and O–H groups in total. The number of hydrogen-bond acceptors (Lipinski definition) is 5. The quantitative estimate of drug-likeness (QED) is 0.524. The summed E-state index contributed by atoms with van der Waals surface area (Å²) in [7, 11) is -4.82. The summed E-state index contributed by atoms with van der Waals surface area (Å²) < 4.78 is 41.8. The summed E-state index contributed by atoms with van der Waals surface area (Å²) in [6, 6.07) is 12.0.